The van der Waals surface area contributed by atoms with Gasteiger partial charge >= 0.3 is 6.09 Å². The number of rotatable bonds is 1. The molecular weight excluding hydrogens is 242 g/mol. The van der Waals surface area contributed by atoms with Crippen LogP contribution in [0.1, 0.15) is 27.7 Å². The van der Waals surface area contributed by atoms with Gasteiger partial charge in [-0.1, -0.05) is 0 Å². The van der Waals surface area contributed by atoms with Gasteiger partial charge in [0, 0.05) is 0 Å². The Labute approximate surface area is 106 Å². The van der Waals surface area contributed by atoms with E-state index < -0.39 is 42.3 Å². The molecule has 18 heavy (non-hydrogen) atoms. The highest BCUT2D eigenvalue weighted by atomic mass is 16.6. The number of alkyl carbamates (subject to hydrolysis) is 1. The summed E-state index contributed by atoms with van der Waals surface area (Å²) >= 11 is 0. The van der Waals surface area contributed by atoms with Crippen LogP contribution in [0.3, 0.4) is 0 Å². The Morgan fingerprint density at radius 1 is 1.22 bits per heavy atom. The topological polar surface area (TPSA) is 108 Å². The summed E-state index contributed by atoms with van der Waals surface area (Å²) in [6.07, 6.45) is -5.62. The summed E-state index contributed by atoms with van der Waals surface area (Å²) < 4.78 is 10.0. The van der Waals surface area contributed by atoms with E-state index in [4.69, 9.17) is 9.47 Å². The Morgan fingerprint density at radius 2 is 1.78 bits per heavy atom. The van der Waals surface area contributed by atoms with Gasteiger partial charge in [0.2, 0.25) is 0 Å². The lowest BCUT2D eigenvalue weighted by Gasteiger charge is -2.39. The zero-order valence-electron chi connectivity index (χ0n) is 11.0. The normalized spacial score (nSPS) is 37.2. The molecule has 5 atom stereocenters. The Hall–Kier alpha value is -0.890. The van der Waals surface area contributed by atoms with Crippen molar-refractivity contribution < 1.29 is 29.6 Å². The monoisotopic (exact) mass is 263 g/mol. The van der Waals surface area contributed by atoms with Crippen LogP contribution in [0.15, 0.2) is 0 Å². The fourth-order valence-corrected chi connectivity index (χ4v) is 1.69. The van der Waals surface area contributed by atoms with E-state index in [0.29, 0.717) is 0 Å². The number of carbonyl (C=O) groups excluding carboxylic acids is 1. The Morgan fingerprint density at radius 3 is 2.28 bits per heavy atom. The van der Waals surface area contributed by atoms with Gasteiger partial charge in [-0.05, 0) is 27.7 Å². The Balaban J connectivity index is 2.62. The van der Waals surface area contributed by atoms with E-state index in [1.807, 2.05) is 0 Å². The van der Waals surface area contributed by atoms with Crippen molar-refractivity contribution >= 4 is 6.09 Å². The average Bonchev–Trinajstić information content (AvgIpc) is 2.19. The van der Waals surface area contributed by atoms with Crippen molar-refractivity contribution in [2.45, 2.75) is 63.9 Å². The number of hydrogen-bond acceptors (Lipinski definition) is 6. The van der Waals surface area contributed by atoms with Gasteiger partial charge in [0.05, 0.1) is 12.1 Å². The molecule has 0 spiro atoms. The van der Waals surface area contributed by atoms with Crippen molar-refractivity contribution in [3.63, 3.8) is 0 Å². The van der Waals surface area contributed by atoms with E-state index >= 15 is 0 Å². The molecule has 1 heterocycles. The van der Waals surface area contributed by atoms with E-state index in [-0.39, 0.29) is 0 Å². The lowest BCUT2D eigenvalue weighted by atomic mass is 9.97. The second kappa shape index (κ2) is 5.40. The molecule has 1 aliphatic heterocycles. The van der Waals surface area contributed by atoms with Crippen LogP contribution < -0.4 is 5.32 Å². The molecule has 0 aromatic heterocycles. The fourth-order valence-electron chi connectivity index (χ4n) is 1.69. The minimum atomic E-state index is -1.47. The minimum absolute atomic E-state index is 0.647. The molecule has 1 saturated heterocycles. The molecule has 4 N–H and O–H groups in total. The Bertz CT molecular complexity index is 302. The fraction of sp³-hybridized carbons (Fsp3) is 0.909. The highest BCUT2D eigenvalue weighted by Gasteiger charge is 2.43. The first kappa shape index (κ1) is 15.2. The highest BCUT2D eigenvalue weighted by Crippen LogP contribution is 2.20. The molecule has 7 heteroatoms. The third kappa shape index (κ3) is 3.81. The summed E-state index contributed by atoms with van der Waals surface area (Å²) in [5.41, 5.74) is -0.661. The van der Waals surface area contributed by atoms with Crippen molar-refractivity contribution in [1.29, 1.82) is 0 Å². The molecule has 1 fully saturated rings. The van der Waals surface area contributed by atoms with Gasteiger partial charge in [-0.2, -0.15) is 0 Å². The average molecular weight is 263 g/mol. The van der Waals surface area contributed by atoms with Crippen molar-refractivity contribution in [3.05, 3.63) is 0 Å². The van der Waals surface area contributed by atoms with E-state index in [1.165, 1.54) is 0 Å². The Kier molecular flexibility index (Phi) is 4.55. The van der Waals surface area contributed by atoms with E-state index in [0.717, 1.165) is 0 Å². The van der Waals surface area contributed by atoms with Crippen molar-refractivity contribution in [1.82, 2.24) is 5.32 Å². The van der Waals surface area contributed by atoms with E-state index in [9.17, 15) is 20.1 Å². The van der Waals surface area contributed by atoms with Crippen LogP contribution in [0.2, 0.25) is 0 Å². The first-order valence-corrected chi connectivity index (χ1v) is 5.81. The summed E-state index contributed by atoms with van der Waals surface area (Å²) in [5.74, 6) is 0. The zero-order valence-corrected chi connectivity index (χ0v) is 11.0. The molecule has 0 radical (unpaired) electrons. The molecule has 0 aromatic rings. The number of ether oxygens (including phenoxy) is 2. The maximum Gasteiger partial charge on any atom is 0.408 e. The van der Waals surface area contributed by atoms with Crippen molar-refractivity contribution in [2.24, 2.45) is 0 Å². The van der Waals surface area contributed by atoms with Gasteiger partial charge in [0.15, 0.2) is 6.29 Å². The predicted octanol–water partition coefficient (Wildman–Crippen LogP) is -0.661. The van der Waals surface area contributed by atoms with Crippen LogP contribution in [0.5, 0.6) is 0 Å². The summed E-state index contributed by atoms with van der Waals surface area (Å²) in [6.45, 7) is 6.70. The number of nitrogens with one attached hydrogen (secondary N) is 1. The van der Waals surface area contributed by atoms with Crippen molar-refractivity contribution in [3.8, 4) is 0 Å². The molecule has 1 rings (SSSR count). The second-order valence-electron chi connectivity index (χ2n) is 5.38. The largest absolute Gasteiger partial charge is 0.444 e. The van der Waals surface area contributed by atoms with Gasteiger partial charge in [-0.25, -0.2) is 4.79 Å². The highest BCUT2D eigenvalue weighted by molar-refractivity contribution is 5.68. The molecule has 1 amide bonds. The summed E-state index contributed by atoms with van der Waals surface area (Å²) in [7, 11) is 0. The van der Waals surface area contributed by atoms with Gasteiger partial charge in [-0.15, -0.1) is 0 Å². The molecule has 5 unspecified atom stereocenters. The lowest BCUT2D eigenvalue weighted by Crippen LogP contribution is -2.63. The third-order valence-electron chi connectivity index (χ3n) is 2.55. The number of aliphatic hydroxyl groups is 3. The summed E-state index contributed by atoms with van der Waals surface area (Å²) in [4.78, 5) is 11.6. The van der Waals surface area contributed by atoms with Crippen molar-refractivity contribution in [2.75, 3.05) is 0 Å². The van der Waals surface area contributed by atoms with Crippen LogP contribution in [-0.4, -0.2) is 57.7 Å². The van der Waals surface area contributed by atoms with Crippen LogP contribution >= 0.6 is 0 Å². The SMILES string of the molecule is CC1OC(O)C(O)C(O)C1NC(=O)OC(C)(C)C. The molecule has 0 aromatic carbocycles. The first-order valence-electron chi connectivity index (χ1n) is 5.81. The van der Waals surface area contributed by atoms with Crippen LogP contribution in [0.4, 0.5) is 4.79 Å². The van der Waals surface area contributed by atoms with Gasteiger partial charge < -0.3 is 30.1 Å². The number of aliphatic hydroxyl groups excluding tert-OH is 3. The first-order chi connectivity index (χ1) is 8.11. The molecule has 0 aliphatic carbocycles. The third-order valence-corrected chi connectivity index (χ3v) is 2.55. The number of carbonyl (C=O) groups is 1. The predicted molar refractivity (Wildman–Crippen MR) is 61.7 cm³/mol. The van der Waals surface area contributed by atoms with Crippen LogP contribution in [0.25, 0.3) is 0 Å². The summed E-state index contributed by atoms with van der Waals surface area (Å²) in [5, 5.41) is 30.9. The van der Waals surface area contributed by atoms with Gasteiger partial charge in [-0.3, -0.25) is 0 Å². The number of amides is 1. The molecule has 106 valence electrons. The molecule has 7 nitrogen and oxygen atoms in total. The van der Waals surface area contributed by atoms with Crippen LogP contribution in [-0.2, 0) is 9.47 Å². The van der Waals surface area contributed by atoms with Gasteiger partial charge in [0.25, 0.3) is 0 Å². The van der Waals surface area contributed by atoms with Crippen LogP contribution in [0, 0.1) is 0 Å². The van der Waals surface area contributed by atoms with Gasteiger partial charge in [0.1, 0.15) is 17.8 Å². The van der Waals surface area contributed by atoms with E-state index in [2.05, 4.69) is 5.32 Å². The quantitative estimate of drug-likeness (QED) is 0.500. The minimum Gasteiger partial charge on any atom is -0.444 e. The molecule has 0 bridgehead atoms. The lowest BCUT2D eigenvalue weighted by molar-refractivity contribution is -0.252. The maximum absolute atomic E-state index is 11.6. The smallest absolute Gasteiger partial charge is 0.408 e. The zero-order chi connectivity index (χ0) is 14.1. The summed E-state index contributed by atoms with van der Waals surface area (Å²) in [6, 6.07) is -0.849. The maximum atomic E-state index is 11.6. The standard InChI is InChI=1S/C11H21NO6/c1-5-6(7(13)8(14)9(15)17-5)12-10(16)18-11(2,3)4/h5-9,13-15H,1-4H3,(H,12,16). The number of hydrogen-bond donors (Lipinski definition) is 4. The molecule has 1 aliphatic rings. The molecule has 0 saturated carbocycles. The second-order valence-corrected chi connectivity index (χ2v) is 5.38. The van der Waals surface area contributed by atoms with E-state index in [1.54, 1.807) is 27.7 Å². The molecular formula is C11H21NO6.